The summed E-state index contributed by atoms with van der Waals surface area (Å²) in [6, 6.07) is 4.05. The molecule has 1 aliphatic carbocycles. The van der Waals surface area contributed by atoms with Gasteiger partial charge >= 0.3 is 5.69 Å². The molecule has 2 N–H and O–H groups in total. The standard InChI is InChI=1S/C15H18N4O2/c1-18-13-7-14-12(5-9(13)8-16-18)17-15(21)19(14)10-3-2-4-11(20)6-10/h5,7-8,10-11,20H,2-4,6H2,1H3,(H,17,21)/t10-,11-/m0/s1. The fraction of sp³-hybridized carbons (Fsp3) is 0.467. The minimum Gasteiger partial charge on any atom is -0.393 e. The zero-order chi connectivity index (χ0) is 14.6. The molecule has 2 aromatic heterocycles. The van der Waals surface area contributed by atoms with Crippen LogP contribution < -0.4 is 5.69 Å². The van der Waals surface area contributed by atoms with Gasteiger partial charge in [-0.3, -0.25) is 9.25 Å². The Bertz CT molecular complexity index is 873. The average molecular weight is 286 g/mol. The van der Waals surface area contributed by atoms with Crippen molar-refractivity contribution in [1.29, 1.82) is 0 Å². The fourth-order valence-electron chi connectivity index (χ4n) is 3.51. The second kappa shape index (κ2) is 4.46. The number of aromatic nitrogens is 4. The minimum atomic E-state index is -0.305. The molecule has 0 bridgehead atoms. The summed E-state index contributed by atoms with van der Waals surface area (Å²) in [5.41, 5.74) is 2.65. The van der Waals surface area contributed by atoms with E-state index >= 15 is 0 Å². The van der Waals surface area contributed by atoms with Crippen molar-refractivity contribution in [2.75, 3.05) is 0 Å². The number of benzene rings is 1. The van der Waals surface area contributed by atoms with Crippen LogP contribution in [0.2, 0.25) is 0 Å². The number of imidazole rings is 1. The molecule has 3 aromatic rings. The Balaban J connectivity index is 1.94. The van der Waals surface area contributed by atoms with Crippen molar-refractivity contribution in [3.05, 3.63) is 28.8 Å². The van der Waals surface area contributed by atoms with E-state index in [-0.39, 0.29) is 17.8 Å². The van der Waals surface area contributed by atoms with Gasteiger partial charge in [-0.1, -0.05) is 0 Å². The first-order valence-corrected chi connectivity index (χ1v) is 7.37. The van der Waals surface area contributed by atoms with Crippen LogP contribution in [0.1, 0.15) is 31.7 Å². The van der Waals surface area contributed by atoms with Gasteiger partial charge in [-0.15, -0.1) is 0 Å². The highest BCUT2D eigenvalue weighted by molar-refractivity contribution is 5.93. The lowest BCUT2D eigenvalue weighted by atomic mass is 9.93. The number of nitrogens with one attached hydrogen (secondary N) is 1. The predicted octanol–water partition coefficient (Wildman–Crippen LogP) is 1.69. The number of aromatic amines is 1. The van der Waals surface area contributed by atoms with E-state index in [4.69, 9.17) is 0 Å². The van der Waals surface area contributed by atoms with Crippen molar-refractivity contribution in [3.8, 4) is 0 Å². The molecule has 6 nitrogen and oxygen atoms in total. The molecule has 2 heterocycles. The van der Waals surface area contributed by atoms with Crippen LogP contribution in [-0.4, -0.2) is 30.5 Å². The highest BCUT2D eigenvalue weighted by Crippen LogP contribution is 2.30. The van der Waals surface area contributed by atoms with Crippen LogP contribution in [0.3, 0.4) is 0 Å². The number of hydrogen-bond donors (Lipinski definition) is 2. The molecule has 0 spiro atoms. The fourth-order valence-corrected chi connectivity index (χ4v) is 3.51. The summed E-state index contributed by atoms with van der Waals surface area (Å²) in [4.78, 5) is 15.3. The number of rotatable bonds is 1. The highest BCUT2D eigenvalue weighted by Gasteiger charge is 2.24. The predicted molar refractivity (Wildman–Crippen MR) is 80.3 cm³/mol. The van der Waals surface area contributed by atoms with Crippen LogP contribution in [0, 0.1) is 0 Å². The molecule has 2 atom stereocenters. The Morgan fingerprint density at radius 2 is 2.19 bits per heavy atom. The third kappa shape index (κ3) is 1.90. The molecular formula is C15H18N4O2. The van der Waals surface area contributed by atoms with Gasteiger partial charge in [0.05, 0.1) is 28.9 Å². The van der Waals surface area contributed by atoms with E-state index in [0.29, 0.717) is 6.42 Å². The lowest BCUT2D eigenvalue weighted by Crippen LogP contribution is -2.28. The molecule has 21 heavy (non-hydrogen) atoms. The van der Waals surface area contributed by atoms with Gasteiger partial charge in [0.25, 0.3) is 0 Å². The van der Waals surface area contributed by atoms with Gasteiger partial charge in [0.2, 0.25) is 0 Å². The average Bonchev–Trinajstić information content (AvgIpc) is 2.96. The number of aryl methyl sites for hydroxylation is 1. The van der Waals surface area contributed by atoms with E-state index in [1.54, 1.807) is 6.20 Å². The van der Waals surface area contributed by atoms with Crippen LogP contribution in [0.5, 0.6) is 0 Å². The van der Waals surface area contributed by atoms with Crippen LogP contribution in [0.15, 0.2) is 23.1 Å². The topological polar surface area (TPSA) is 75.8 Å². The summed E-state index contributed by atoms with van der Waals surface area (Å²) in [5, 5.41) is 15.2. The van der Waals surface area contributed by atoms with Crippen molar-refractivity contribution in [3.63, 3.8) is 0 Å². The first-order chi connectivity index (χ1) is 10.1. The van der Waals surface area contributed by atoms with Crippen LogP contribution in [0.25, 0.3) is 21.9 Å². The molecular weight excluding hydrogens is 268 g/mol. The summed E-state index contributed by atoms with van der Waals surface area (Å²) in [7, 11) is 1.90. The number of hydrogen-bond acceptors (Lipinski definition) is 3. The van der Waals surface area contributed by atoms with Crippen LogP contribution in [-0.2, 0) is 7.05 Å². The third-order valence-electron chi connectivity index (χ3n) is 4.57. The quantitative estimate of drug-likeness (QED) is 0.715. The molecule has 1 aliphatic rings. The van der Waals surface area contributed by atoms with Crippen LogP contribution in [0.4, 0.5) is 0 Å². The Morgan fingerprint density at radius 1 is 1.33 bits per heavy atom. The van der Waals surface area contributed by atoms with Crippen molar-refractivity contribution in [2.45, 2.75) is 37.8 Å². The molecule has 4 rings (SSSR count). The molecule has 1 aromatic carbocycles. The molecule has 1 fully saturated rings. The molecule has 0 radical (unpaired) electrons. The molecule has 110 valence electrons. The SMILES string of the molecule is Cn1ncc2cc3[nH]c(=O)n([C@H]4CCC[C@H](O)C4)c3cc21. The summed E-state index contributed by atoms with van der Waals surface area (Å²) in [6.45, 7) is 0. The third-order valence-corrected chi connectivity index (χ3v) is 4.57. The van der Waals surface area contributed by atoms with Crippen molar-refractivity contribution >= 4 is 21.9 Å². The number of aliphatic hydroxyl groups is 1. The number of aliphatic hydroxyl groups excluding tert-OH is 1. The number of fused-ring (bicyclic) bond motifs is 2. The lowest BCUT2D eigenvalue weighted by molar-refractivity contribution is 0.104. The first kappa shape index (κ1) is 12.6. The lowest BCUT2D eigenvalue weighted by Gasteiger charge is -2.26. The van der Waals surface area contributed by atoms with Gasteiger partial charge in [0.15, 0.2) is 0 Å². The molecule has 1 saturated carbocycles. The summed E-state index contributed by atoms with van der Waals surface area (Å²) < 4.78 is 3.62. The molecule has 0 amide bonds. The second-order valence-electron chi connectivity index (χ2n) is 5.97. The van der Waals surface area contributed by atoms with Gasteiger partial charge in [-0.25, -0.2) is 4.79 Å². The minimum absolute atomic E-state index is 0.0701. The smallest absolute Gasteiger partial charge is 0.326 e. The van der Waals surface area contributed by atoms with E-state index in [0.717, 1.165) is 41.2 Å². The molecule has 0 saturated heterocycles. The Morgan fingerprint density at radius 3 is 3.00 bits per heavy atom. The number of H-pyrrole nitrogens is 1. The molecule has 0 unspecified atom stereocenters. The first-order valence-electron chi connectivity index (χ1n) is 7.37. The summed E-state index contributed by atoms with van der Waals surface area (Å²) in [5.74, 6) is 0. The summed E-state index contributed by atoms with van der Waals surface area (Å²) in [6.07, 6.45) is 4.87. The largest absolute Gasteiger partial charge is 0.393 e. The Hall–Kier alpha value is -2.08. The number of nitrogens with zero attached hydrogens (tertiary/aromatic N) is 3. The van der Waals surface area contributed by atoms with E-state index in [2.05, 4.69) is 10.1 Å². The Kier molecular flexibility index (Phi) is 2.68. The van der Waals surface area contributed by atoms with Crippen molar-refractivity contribution in [2.24, 2.45) is 7.05 Å². The van der Waals surface area contributed by atoms with Gasteiger partial charge in [0, 0.05) is 18.5 Å². The second-order valence-corrected chi connectivity index (χ2v) is 5.97. The zero-order valence-electron chi connectivity index (χ0n) is 11.9. The highest BCUT2D eigenvalue weighted by atomic mass is 16.3. The normalized spacial score (nSPS) is 23.1. The van der Waals surface area contributed by atoms with Crippen molar-refractivity contribution in [1.82, 2.24) is 19.3 Å². The zero-order valence-corrected chi connectivity index (χ0v) is 11.9. The summed E-state index contributed by atoms with van der Waals surface area (Å²) >= 11 is 0. The molecule has 6 heteroatoms. The molecule has 0 aliphatic heterocycles. The van der Waals surface area contributed by atoms with Gasteiger partial charge in [-0.05, 0) is 37.8 Å². The van der Waals surface area contributed by atoms with E-state index in [9.17, 15) is 9.90 Å². The maximum absolute atomic E-state index is 12.3. The Labute approximate surface area is 121 Å². The van der Waals surface area contributed by atoms with E-state index in [1.165, 1.54) is 0 Å². The van der Waals surface area contributed by atoms with E-state index in [1.807, 2.05) is 28.4 Å². The maximum Gasteiger partial charge on any atom is 0.326 e. The van der Waals surface area contributed by atoms with Crippen molar-refractivity contribution < 1.29 is 5.11 Å². The van der Waals surface area contributed by atoms with Gasteiger partial charge in [0.1, 0.15) is 0 Å². The maximum atomic E-state index is 12.3. The van der Waals surface area contributed by atoms with Gasteiger partial charge in [-0.2, -0.15) is 5.10 Å². The van der Waals surface area contributed by atoms with Crippen LogP contribution >= 0.6 is 0 Å². The van der Waals surface area contributed by atoms with E-state index < -0.39 is 0 Å². The van der Waals surface area contributed by atoms with Gasteiger partial charge < -0.3 is 10.1 Å². The monoisotopic (exact) mass is 286 g/mol.